The van der Waals surface area contributed by atoms with Crippen LogP contribution in [0.5, 0.6) is 11.5 Å². The molecule has 2 unspecified atom stereocenters. The molecule has 3 aromatic carbocycles. The SMILES string of the molecule is COc1cc2c(cc1OC)CN(C(O)C1Cc3ccccc3CN1Cc1ccccc1C#N)CC2. The summed E-state index contributed by atoms with van der Waals surface area (Å²) in [6.07, 6.45) is 0.966. The molecule has 0 fully saturated rings. The number of hydrogen-bond acceptors (Lipinski definition) is 6. The summed E-state index contributed by atoms with van der Waals surface area (Å²) >= 11 is 0. The Morgan fingerprint density at radius 3 is 2.37 bits per heavy atom. The molecule has 2 aliphatic rings. The maximum Gasteiger partial charge on any atom is 0.161 e. The molecule has 35 heavy (non-hydrogen) atoms. The number of aliphatic hydroxyl groups excluding tert-OH is 1. The average Bonchev–Trinajstić information content (AvgIpc) is 2.91. The van der Waals surface area contributed by atoms with Crippen molar-refractivity contribution in [2.45, 2.75) is 44.7 Å². The Labute approximate surface area is 206 Å². The number of methoxy groups -OCH3 is 2. The maximum absolute atomic E-state index is 11.7. The van der Waals surface area contributed by atoms with Crippen molar-refractivity contribution in [1.29, 1.82) is 5.26 Å². The van der Waals surface area contributed by atoms with Gasteiger partial charge in [0.1, 0.15) is 6.23 Å². The second-order valence-corrected chi connectivity index (χ2v) is 9.32. The first-order valence-corrected chi connectivity index (χ1v) is 12.1. The monoisotopic (exact) mass is 469 g/mol. The van der Waals surface area contributed by atoms with Crippen LogP contribution in [0, 0.1) is 11.3 Å². The van der Waals surface area contributed by atoms with Crippen molar-refractivity contribution in [2.75, 3.05) is 20.8 Å². The quantitative estimate of drug-likeness (QED) is 0.591. The Morgan fingerprint density at radius 1 is 0.943 bits per heavy atom. The highest BCUT2D eigenvalue weighted by Gasteiger charge is 2.36. The summed E-state index contributed by atoms with van der Waals surface area (Å²) in [5.74, 6) is 1.45. The fourth-order valence-electron chi connectivity index (χ4n) is 5.43. The molecule has 2 atom stereocenters. The van der Waals surface area contributed by atoms with Crippen LogP contribution in [-0.2, 0) is 32.5 Å². The second kappa shape index (κ2) is 10.1. The Morgan fingerprint density at radius 2 is 1.63 bits per heavy atom. The van der Waals surface area contributed by atoms with Gasteiger partial charge in [-0.1, -0.05) is 42.5 Å². The summed E-state index contributed by atoms with van der Waals surface area (Å²) in [6, 6.07) is 22.5. The van der Waals surface area contributed by atoms with E-state index in [1.165, 1.54) is 16.7 Å². The molecule has 2 aliphatic heterocycles. The Kier molecular flexibility index (Phi) is 6.74. The van der Waals surface area contributed by atoms with Gasteiger partial charge in [-0.05, 0) is 58.9 Å². The molecular weight excluding hydrogens is 438 g/mol. The molecule has 0 saturated carbocycles. The van der Waals surface area contributed by atoms with Crippen molar-refractivity contribution in [3.8, 4) is 17.6 Å². The molecule has 0 aromatic heterocycles. The van der Waals surface area contributed by atoms with Gasteiger partial charge in [-0.15, -0.1) is 0 Å². The van der Waals surface area contributed by atoms with Gasteiger partial charge in [0.25, 0.3) is 0 Å². The zero-order valence-electron chi connectivity index (χ0n) is 20.3. The lowest BCUT2D eigenvalue weighted by atomic mass is 9.90. The standard InChI is InChI=1S/C29H31N3O3/c1-34-27-14-21-11-12-31(19-25(21)15-28(27)35-2)29(33)26-13-20-7-3-5-9-23(20)17-32(26)18-24-10-6-4-8-22(24)16-30/h3-10,14-15,26,29,33H,11-13,17-19H2,1-2H3. The predicted molar refractivity (Wildman–Crippen MR) is 134 cm³/mol. The van der Waals surface area contributed by atoms with Gasteiger partial charge in [0, 0.05) is 26.2 Å². The summed E-state index contributed by atoms with van der Waals surface area (Å²) < 4.78 is 11.0. The van der Waals surface area contributed by atoms with Crippen LogP contribution in [0.1, 0.15) is 33.4 Å². The molecule has 0 spiro atoms. The van der Waals surface area contributed by atoms with Crippen molar-refractivity contribution in [2.24, 2.45) is 0 Å². The highest BCUT2D eigenvalue weighted by atomic mass is 16.5. The molecule has 0 saturated heterocycles. The van der Waals surface area contributed by atoms with Crippen molar-refractivity contribution < 1.29 is 14.6 Å². The molecule has 6 nitrogen and oxygen atoms in total. The number of nitriles is 1. The van der Waals surface area contributed by atoms with Gasteiger partial charge in [0.2, 0.25) is 0 Å². The van der Waals surface area contributed by atoms with E-state index in [9.17, 15) is 10.4 Å². The van der Waals surface area contributed by atoms with Crippen LogP contribution in [0.15, 0.2) is 60.7 Å². The Bertz CT molecular complexity index is 1250. The van der Waals surface area contributed by atoms with Gasteiger partial charge < -0.3 is 14.6 Å². The lowest BCUT2D eigenvalue weighted by molar-refractivity contribution is -0.0759. The summed E-state index contributed by atoms with van der Waals surface area (Å²) in [4.78, 5) is 4.49. The molecule has 5 rings (SSSR count). The first-order chi connectivity index (χ1) is 17.1. The lowest BCUT2D eigenvalue weighted by Gasteiger charge is -2.44. The Balaban J connectivity index is 1.42. The van der Waals surface area contributed by atoms with Crippen molar-refractivity contribution in [3.05, 3.63) is 94.0 Å². The van der Waals surface area contributed by atoms with Crippen LogP contribution in [0.3, 0.4) is 0 Å². The fraction of sp³-hybridized carbons (Fsp3) is 0.345. The van der Waals surface area contributed by atoms with Crippen LogP contribution in [0.25, 0.3) is 0 Å². The van der Waals surface area contributed by atoms with E-state index in [1.54, 1.807) is 14.2 Å². The molecule has 2 heterocycles. The highest BCUT2D eigenvalue weighted by molar-refractivity contribution is 5.48. The summed E-state index contributed by atoms with van der Waals surface area (Å²) in [5.41, 5.74) is 6.64. The van der Waals surface area contributed by atoms with E-state index in [1.807, 2.05) is 30.3 Å². The number of hydrogen-bond donors (Lipinski definition) is 1. The molecule has 0 aliphatic carbocycles. The minimum absolute atomic E-state index is 0.0849. The number of aliphatic hydroxyl groups is 1. The molecular formula is C29H31N3O3. The minimum Gasteiger partial charge on any atom is -0.493 e. The van der Waals surface area contributed by atoms with E-state index in [0.29, 0.717) is 24.4 Å². The van der Waals surface area contributed by atoms with E-state index in [0.717, 1.165) is 42.8 Å². The summed E-state index contributed by atoms with van der Waals surface area (Å²) in [6.45, 7) is 2.78. The molecule has 0 bridgehead atoms. The third kappa shape index (κ3) is 4.63. The van der Waals surface area contributed by atoms with Gasteiger partial charge >= 0.3 is 0 Å². The van der Waals surface area contributed by atoms with Crippen molar-refractivity contribution >= 4 is 0 Å². The largest absolute Gasteiger partial charge is 0.493 e. The van der Waals surface area contributed by atoms with Crippen molar-refractivity contribution in [3.63, 3.8) is 0 Å². The second-order valence-electron chi connectivity index (χ2n) is 9.32. The number of rotatable bonds is 6. The van der Waals surface area contributed by atoms with Gasteiger partial charge in [-0.2, -0.15) is 5.26 Å². The maximum atomic E-state index is 11.7. The van der Waals surface area contributed by atoms with Crippen molar-refractivity contribution in [1.82, 2.24) is 9.80 Å². The number of benzene rings is 3. The van der Waals surface area contributed by atoms with E-state index in [2.05, 4.69) is 46.2 Å². The van der Waals surface area contributed by atoms with Crippen LogP contribution in [0.2, 0.25) is 0 Å². The molecule has 0 radical (unpaired) electrons. The van der Waals surface area contributed by atoms with Crippen LogP contribution >= 0.6 is 0 Å². The zero-order valence-corrected chi connectivity index (χ0v) is 20.3. The first-order valence-electron chi connectivity index (χ1n) is 12.1. The fourth-order valence-corrected chi connectivity index (χ4v) is 5.43. The smallest absolute Gasteiger partial charge is 0.161 e. The lowest BCUT2D eigenvalue weighted by Crippen LogP contribution is -2.55. The van der Waals surface area contributed by atoms with E-state index >= 15 is 0 Å². The van der Waals surface area contributed by atoms with Gasteiger partial charge in [-0.3, -0.25) is 9.80 Å². The van der Waals surface area contributed by atoms with Crippen LogP contribution < -0.4 is 9.47 Å². The van der Waals surface area contributed by atoms with E-state index < -0.39 is 6.23 Å². The zero-order chi connectivity index (χ0) is 24.4. The average molecular weight is 470 g/mol. The normalized spacial score (nSPS) is 18.7. The topological polar surface area (TPSA) is 69.0 Å². The molecule has 180 valence electrons. The predicted octanol–water partition coefficient (Wildman–Crippen LogP) is 3.88. The molecule has 0 amide bonds. The van der Waals surface area contributed by atoms with Gasteiger partial charge in [0.05, 0.1) is 31.9 Å². The molecule has 6 heteroatoms. The van der Waals surface area contributed by atoms with E-state index in [-0.39, 0.29) is 6.04 Å². The summed E-state index contributed by atoms with van der Waals surface area (Å²) in [7, 11) is 3.30. The Hall–Kier alpha value is -3.37. The first kappa shape index (κ1) is 23.4. The third-order valence-electron chi connectivity index (χ3n) is 7.37. The van der Waals surface area contributed by atoms with E-state index in [4.69, 9.17) is 9.47 Å². The van der Waals surface area contributed by atoms with Gasteiger partial charge in [-0.25, -0.2) is 0 Å². The van der Waals surface area contributed by atoms with Crippen LogP contribution in [-0.4, -0.2) is 47.9 Å². The number of ether oxygens (including phenoxy) is 2. The minimum atomic E-state index is -0.640. The number of fused-ring (bicyclic) bond motifs is 2. The number of nitrogens with zero attached hydrogens (tertiary/aromatic N) is 3. The molecule has 1 N–H and O–H groups in total. The van der Waals surface area contributed by atoms with Crippen LogP contribution in [0.4, 0.5) is 0 Å². The van der Waals surface area contributed by atoms with Gasteiger partial charge in [0.15, 0.2) is 11.5 Å². The molecule has 3 aromatic rings. The summed E-state index contributed by atoms with van der Waals surface area (Å²) in [5, 5.41) is 21.3. The third-order valence-corrected chi connectivity index (χ3v) is 7.37. The highest BCUT2D eigenvalue weighted by Crippen LogP contribution is 2.35.